The number of halogens is 1. The second-order valence-corrected chi connectivity index (χ2v) is 5.79. The summed E-state index contributed by atoms with van der Waals surface area (Å²) in [4.78, 5) is 16.0. The van der Waals surface area contributed by atoms with Crippen molar-refractivity contribution >= 4 is 35.8 Å². The number of amides is 1. The summed E-state index contributed by atoms with van der Waals surface area (Å²) < 4.78 is -0.0628. The molecule has 0 aromatic heterocycles. The van der Waals surface area contributed by atoms with Crippen LogP contribution in [0.1, 0.15) is 6.42 Å². The first-order valence-electron chi connectivity index (χ1n) is 5.58. The van der Waals surface area contributed by atoms with E-state index >= 15 is 0 Å². The van der Waals surface area contributed by atoms with Gasteiger partial charge in [-0.25, -0.2) is 0 Å². The number of nitrogens with two attached hydrogens (primary N) is 1. The maximum Gasteiger partial charge on any atom is 0.221 e. The van der Waals surface area contributed by atoms with Crippen molar-refractivity contribution in [2.24, 2.45) is 22.6 Å². The molecule has 17 heavy (non-hydrogen) atoms. The Hall–Kier alpha value is -0.740. The number of nitrogens with zero attached hydrogens (tertiary/aromatic N) is 1. The number of aliphatic imine (C=N–C) groups is 1. The van der Waals surface area contributed by atoms with E-state index in [1.165, 1.54) is 0 Å². The van der Waals surface area contributed by atoms with Crippen LogP contribution < -0.4 is 5.73 Å². The van der Waals surface area contributed by atoms with E-state index in [2.05, 4.69) is 23.2 Å². The predicted octanol–water partition coefficient (Wildman–Crippen LogP) is 1.58. The average molecular weight is 271 g/mol. The Morgan fingerprint density at radius 3 is 3.12 bits per heavy atom. The minimum Gasteiger partial charge on any atom is -0.369 e. The lowest BCUT2D eigenvalue weighted by atomic mass is 9.74. The predicted molar refractivity (Wildman–Crippen MR) is 73.8 cm³/mol. The number of allylic oxidation sites excluding steroid dienone is 3. The number of hydrogen-bond donors (Lipinski definition) is 1. The Labute approximate surface area is 111 Å². The highest BCUT2D eigenvalue weighted by Crippen LogP contribution is 2.52. The Morgan fingerprint density at radius 2 is 2.35 bits per heavy atom. The van der Waals surface area contributed by atoms with Gasteiger partial charge in [0, 0.05) is 12.3 Å². The summed E-state index contributed by atoms with van der Waals surface area (Å²) in [7, 11) is 0. The van der Waals surface area contributed by atoms with Crippen molar-refractivity contribution < 1.29 is 4.79 Å². The molecule has 1 aliphatic carbocycles. The maximum absolute atomic E-state index is 11.5. The SMILES string of the molecule is Cl.NC(=O)C1CSC23C=CC=CC2=NCCC13. The smallest absolute Gasteiger partial charge is 0.221 e. The summed E-state index contributed by atoms with van der Waals surface area (Å²) in [5.74, 6) is 1.02. The summed E-state index contributed by atoms with van der Waals surface area (Å²) in [5.41, 5.74) is 6.61. The molecule has 1 spiro atoms. The van der Waals surface area contributed by atoms with Gasteiger partial charge in [-0.05, 0) is 18.4 Å². The van der Waals surface area contributed by atoms with E-state index in [-0.39, 0.29) is 29.0 Å². The van der Waals surface area contributed by atoms with Gasteiger partial charge in [0.25, 0.3) is 0 Å². The molecule has 3 nitrogen and oxygen atoms in total. The summed E-state index contributed by atoms with van der Waals surface area (Å²) in [5, 5.41) is 0. The fraction of sp³-hybridized carbons (Fsp3) is 0.500. The molecular formula is C12H15ClN2OS. The van der Waals surface area contributed by atoms with Crippen LogP contribution in [0.4, 0.5) is 0 Å². The number of primary amides is 1. The van der Waals surface area contributed by atoms with Crippen molar-refractivity contribution in [2.75, 3.05) is 12.3 Å². The van der Waals surface area contributed by atoms with Gasteiger partial charge in [0.2, 0.25) is 5.91 Å². The highest BCUT2D eigenvalue weighted by Gasteiger charge is 2.53. The molecule has 5 heteroatoms. The number of rotatable bonds is 1. The molecule has 0 saturated carbocycles. The molecule has 92 valence electrons. The highest BCUT2D eigenvalue weighted by molar-refractivity contribution is 8.02. The van der Waals surface area contributed by atoms with Gasteiger partial charge in [0.05, 0.1) is 16.4 Å². The van der Waals surface area contributed by atoms with Crippen molar-refractivity contribution in [1.82, 2.24) is 0 Å². The van der Waals surface area contributed by atoms with Crippen LogP contribution in [0.25, 0.3) is 0 Å². The van der Waals surface area contributed by atoms with Crippen LogP contribution in [0.15, 0.2) is 29.3 Å². The Balaban J connectivity index is 0.00000108. The quantitative estimate of drug-likeness (QED) is 0.787. The molecule has 2 aliphatic heterocycles. The molecule has 0 bridgehead atoms. The van der Waals surface area contributed by atoms with Crippen molar-refractivity contribution in [3.63, 3.8) is 0 Å². The molecule has 1 saturated heterocycles. The number of carbonyl (C=O) groups is 1. The van der Waals surface area contributed by atoms with Crippen LogP contribution in [-0.2, 0) is 4.79 Å². The standard InChI is InChI=1S/C12H14N2OS.ClH/c13-11(15)8-7-16-12-5-2-1-3-10(12)14-6-4-9(8)12;/h1-3,5,8-9H,4,6-7H2,(H2,13,15);1H. The van der Waals surface area contributed by atoms with Crippen LogP contribution in [0.5, 0.6) is 0 Å². The van der Waals surface area contributed by atoms with Crippen LogP contribution >= 0.6 is 24.2 Å². The van der Waals surface area contributed by atoms with E-state index in [4.69, 9.17) is 5.73 Å². The van der Waals surface area contributed by atoms with Gasteiger partial charge in [-0.2, -0.15) is 0 Å². The summed E-state index contributed by atoms with van der Waals surface area (Å²) in [6.07, 6.45) is 9.33. The third-order valence-corrected chi connectivity index (χ3v) is 5.39. The number of carbonyl (C=O) groups excluding carboxylic acids is 1. The lowest BCUT2D eigenvalue weighted by Crippen LogP contribution is -2.45. The van der Waals surface area contributed by atoms with Crippen molar-refractivity contribution in [3.05, 3.63) is 24.3 Å². The van der Waals surface area contributed by atoms with E-state index in [9.17, 15) is 4.79 Å². The molecule has 1 fully saturated rings. The molecule has 3 rings (SSSR count). The van der Waals surface area contributed by atoms with Gasteiger partial charge < -0.3 is 5.73 Å². The summed E-state index contributed by atoms with van der Waals surface area (Å²) in [6, 6.07) is 0. The lowest BCUT2D eigenvalue weighted by Gasteiger charge is -2.37. The van der Waals surface area contributed by atoms with Gasteiger partial charge in [0.1, 0.15) is 0 Å². The molecule has 1 amide bonds. The zero-order valence-corrected chi connectivity index (χ0v) is 11.0. The largest absolute Gasteiger partial charge is 0.369 e. The maximum atomic E-state index is 11.5. The van der Waals surface area contributed by atoms with E-state index < -0.39 is 0 Å². The van der Waals surface area contributed by atoms with Gasteiger partial charge in [0.15, 0.2) is 0 Å². The van der Waals surface area contributed by atoms with E-state index in [1.807, 2.05) is 17.8 Å². The second kappa shape index (κ2) is 4.50. The third-order valence-electron chi connectivity index (χ3n) is 3.74. The average Bonchev–Trinajstić information content (AvgIpc) is 2.66. The van der Waals surface area contributed by atoms with Gasteiger partial charge in [-0.3, -0.25) is 9.79 Å². The first kappa shape index (κ1) is 12.7. The normalized spacial score (nSPS) is 37.8. The van der Waals surface area contributed by atoms with E-state index in [1.54, 1.807) is 0 Å². The first-order valence-corrected chi connectivity index (χ1v) is 6.57. The van der Waals surface area contributed by atoms with E-state index in [0.717, 1.165) is 24.4 Å². The molecular weight excluding hydrogens is 256 g/mol. The molecule has 0 aromatic carbocycles. The fourth-order valence-electron chi connectivity index (χ4n) is 2.94. The van der Waals surface area contributed by atoms with E-state index in [0.29, 0.717) is 5.92 Å². The monoisotopic (exact) mass is 270 g/mol. The summed E-state index contributed by atoms with van der Waals surface area (Å²) >= 11 is 1.82. The van der Waals surface area contributed by atoms with Gasteiger partial charge in [-0.15, -0.1) is 24.2 Å². The van der Waals surface area contributed by atoms with Gasteiger partial charge in [-0.1, -0.05) is 18.2 Å². The zero-order chi connectivity index (χ0) is 11.2. The summed E-state index contributed by atoms with van der Waals surface area (Å²) in [6.45, 7) is 0.824. The molecule has 3 aliphatic rings. The number of thioether (sulfide) groups is 1. The fourth-order valence-corrected chi connectivity index (χ4v) is 4.75. The molecule has 0 aromatic rings. The van der Waals surface area contributed by atoms with Crippen molar-refractivity contribution in [1.29, 1.82) is 0 Å². The minimum absolute atomic E-state index is 0. The minimum atomic E-state index is -0.154. The molecule has 0 radical (unpaired) electrons. The van der Waals surface area contributed by atoms with Crippen LogP contribution in [0, 0.1) is 11.8 Å². The topological polar surface area (TPSA) is 55.5 Å². The van der Waals surface area contributed by atoms with Crippen LogP contribution in [0.3, 0.4) is 0 Å². The van der Waals surface area contributed by atoms with Crippen molar-refractivity contribution in [3.8, 4) is 0 Å². The van der Waals surface area contributed by atoms with Crippen LogP contribution in [-0.4, -0.2) is 28.7 Å². The number of hydrogen-bond acceptors (Lipinski definition) is 3. The highest BCUT2D eigenvalue weighted by atomic mass is 35.5. The Bertz CT molecular complexity index is 432. The molecule has 3 unspecified atom stereocenters. The van der Waals surface area contributed by atoms with Crippen molar-refractivity contribution in [2.45, 2.75) is 11.2 Å². The molecule has 2 heterocycles. The lowest BCUT2D eigenvalue weighted by molar-refractivity contribution is -0.122. The zero-order valence-electron chi connectivity index (χ0n) is 9.33. The Kier molecular flexibility index (Phi) is 3.36. The second-order valence-electron chi connectivity index (χ2n) is 4.49. The Morgan fingerprint density at radius 1 is 1.53 bits per heavy atom. The third kappa shape index (κ3) is 1.74. The first-order chi connectivity index (χ1) is 7.74. The molecule has 2 N–H and O–H groups in total. The molecule has 3 atom stereocenters. The van der Waals surface area contributed by atoms with Gasteiger partial charge >= 0.3 is 0 Å². The van der Waals surface area contributed by atoms with Crippen LogP contribution in [0.2, 0.25) is 0 Å².